The Labute approximate surface area is 133 Å². The van der Waals surface area contributed by atoms with E-state index in [4.69, 9.17) is 11.6 Å². The van der Waals surface area contributed by atoms with Crippen molar-refractivity contribution in [1.82, 2.24) is 14.7 Å². The van der Waals surface area contributed by atoms with Crippen molar-refractivity contribution in [3.8, 4) is 0 Å². The summed E-state index contributed by atoms with van der Waals surface area (Å²) < 4.78 is 1.75. The predicted octanol–water partition coefficient (Wildman–Crippen LogP) is 2.18. The Hall–Kier alpha value is -2.05. The molecule has 2 N–H and O–H groups in total. The smallest absolute Gasteiger partial charge is 0.322 e. The van der Waals surface area contributed by atoms with Gasteiger partial charge in [-0.2, -0.15) is 5.10 Å². The Bertz CT molecular complexity index is 656. The molecule has 0 radical (unpaired) electrons. The van der Waals surface area contributed by atoms with E-state index in [9.17, 15) is 9.90 Å². The number of halogens is 1. The molecule has 1 aromatic carbocycles. The fourth-order valence-electron chi connectivity index (χ4n) is 2.42. The maximum absolute atomic E-state index is 12.0. The van der Waals surface area contributed by atoms with Crippen LogP contribution in [-0.2, 0) is 6.54 Å². The molecule has 0 bridgehead atoms. The lowest BCUT2D eigenvalue weighted by atomic mass is 10.2. The zero-order valence-corrected chi connectivity index (χ0v) is 12.7. The van der Waals surface area contributed by atoms with E-state index >= 15 is 0 Å². The number of aliphatic hydroxyl groups is 1. The van der Waals surface area contributed by atoms with Crippen LogP contribution in [0.1, 0.15) is 12.0 Å². The number of aliphatic hydroxyl groups excluding tert-OH is 1. The summed E-state index contributed by atoms with van der Waals surface area (Å²) in [6.45, 7) is 1.56. The molecule has 1 aromatic heterocycles. The van der Waals surface area contributed by atoms with Gasteiger partial charge in [-0.25, -0.2) is 4.79 Å². The second kappa shape index (κ2) is 6.37. The van der Waals surface area contributed by atoms with E-state index in [1.54, 1.807) is 22.0 Å². The zero-order valence-electron chi connectivity index (χ0n) is 11.9. The van der Waals surface area contributed by atoms with Gasteiger partial charge in [0.05, 0.1) is 24.5 Å². The number of hydrogen-bond acceptors (Lipinski definition) is 3. The molecule has 1 atom stereocenters. The highest BCUT2D eigenvalue weighted by molar-refractivity contribution is 6.30. The summed E-state index contributed by atoms with van der Waals surface area (Å²) in [6.07, 6.45) is 3.60. The van der Waals surface area contributed by atoms with Crippen LogP contribution < -0.4 is 5.32 Å². The number of nitrogens with zero attached hydrogens (tertiary/aromatic N) is 3. The van der Waals surface area contributed by atoms with Crippen LogP contribution in [0.25, 0.3) is 0 Å². The first kappa shape index (κ1) is 14.9. The standard InChI is InChI=1S/C15H17ClN4O2/c16-12-3-1-11(2-4-12)8-20-9-13(7-17-20)18-15(22)19-6-5-14(21)10-19/h1-4,7,9,14,21H,5-6,8,10H2,(H,18,22)/t14-/m0/s1. The fraction of sp³-hybridized carbons (Fsp3) is 0.333. The minimum atomic E-state index is -0.418. The second-order valence-corrected chi connectivity index (χ2v) is 5.81. The normalized spacial score (nSPS) is 17.7. The minimum Gasteiger partial charge on any atom is -0.391 e. The van der Waals surface area contributed by atoms with Crippen LogP contribution in [0.2, 0.25) is 5.02 Å². The maximum Gasteiger partial charge on any atom is 0.322 e. The molecule has 1 saturated heterocycles. The van der Waals surface area contributed by atoms with Crippen LogP contribution in [0.3, 0.4) is 0 Å². The molecular formula is C15H17ClN4O2. The van der Waals surface area contributed by atoms with E-state index in [-0.39, 0.29) is 6.03 Å². The van der Waals surface area contributed by atoms with E-state index in [1.165, 1.54) is 0 Å². The van der Waals surface area contributed by atoms with Crippen LogP contribution >= 0.6 is 11.6 Å². The Kier molecular flexibility index (Phi) is 4.31. The van der Waals surface area contributed by atoms with Crippen molar-refractivity contribution < 1.29 is 9.90 Å². The van der Waals surface area contributed by atoms with Crippen molar-refractivity contribution in [3.63, 3.8) is 0 Å². The molecule has 6 nitrogen and oxygen atoms in total. The van der Waals surface area contributed by atoms with Crippen molar-refractivity contribution >= 4 is 23.3 Å². The maximum atomic E-state index is 12.0. The molecule has 1 aliphatic heterocycles. The molecule has 0 unspecified atom stereocenters. The third kappa shape index (κ3) is 3.58. The first-order chi connectivity index (χ1) is 10.6. The highest BCUT2D eigenvalue weighted by atomic mass is 35.5. The number of carbonyl (C=O) groups excluding carboxylic acids is 1. The Balaban J connectivity index is 1.59. The van der Waals surface area contributed by atoms with Crippen molar-refractivity contribution in [2.75, 3.05) is 18.4 Å². The molecule has 2 amide bonds. The lowest BCUT2D eigenvalue weighted by molar-refractivity contribution is 0.176. The first-order valence-corrected chi connectivity index (χ1v) is 7.49. The number of nitrogens with one attached hydrogen (secondary N) is 1. The number of likely N-dealkylation sites (tertiary alicyclic amines) is 1. The molecule has 7 heteroatoms. The molecular weight excluding hydrogens is 304 g/mol. The van der Waals surface area contributed by atoms with Crippen molar-refractivity contribution in [3.05, 3.63) is 47.2 Å². The topological polar surface area (TPSA) is 70.4 Å². The molecule has 1 aliphatic rings. The quantitative estimate of drug-likeness (QED) is 0.910. The number of carbonyl (C=O) groups is 1. The summed E-state index contributed by atoms with van der Waals surface area (Å²) in [7, 11) is 0. The van der Waals surface area contributed by atoms with Gasteiger partial charge in [0.2, 0.25) is 0 Å². The Morgan fingerprint density at radius 3 is 2.86 bits per heavy atom. The summed E-state index contributed by atoms with van der Waals surface area (Å²) in [6, 6.07) is 7.34. The van der Waals surface area contributed by atoms with Gasteiger partial charge in [0.15, 0.2) is 0 Å². The van der Waals surface area contributed by atoms with Crippen LogP contribution in [0.15, 0.2) is 36.7 Å². The second-order valence-electron chi connectivity index (χ2n) is 5.37. The number of anilines is 1. The number of aromatic nitrogens is 2. The summed E-state index contributed by atoms with van der Waals surface area (Å²) in [5.41, 5.74) is 1.72. The molecule has 22 heavy (non-hydrogen) atoms. The minimum absolute atomic E-state index is 0.206. The Morgan fingerprint density at radius 1 is 1.41 bits per heavy atom. The first-order valence-electron chi connectivity index (χ1n) is 7.11. The van der Waals surface area contributed by atoms with Crippen LogP contribution in [-0.4, -0.2) is 45.0 Å². The number of benzene rings is 1. The molecule has 3 rings (SSSR count). The van der Waals surface area contributed by atoms with Gasteiger partial charge < -0.3 is 15.3 Å². The van der Waals surface area contributed by atoms with Gasteiger partial charge in [-0.05, 0) is 24.1 Å². The summed E-state index contributed by atoms with van der Waals surface area (Å²) in [5, 5.41) is 17.2. The number of hydrogen-bond donors (Lipinski definition) is 2. The number of rotatable bonds is 3. The van der Waals surface area contributed by atoms with Crippen molar-refractivity contribution in [2.24, 2.45) is 0 Å². The van der Waals surface area contributed by atoms with Gasteiger partial charge in [0, 0.05) is 24.3 Å². The molecule has 2 aromatic rings. The fourth-order valence-corrected chi connectivity index (χ4v) is 2.55. The van der Waals surface area contributed by atoms with Crippen molar-refractivity contribution in [2.45, 2.75) is 19.1 Å². The van der Waals surface area contributed by atoms with E-state index < -0.39 is 6.10 Å². The van der Waals surface area contributed by atoms with Gasteiger partial charge in [0.25, 0.3) is 0 Å². The average molecular weight is 321 g/mol. The SMILES string of the molecule is O=C(Nc1cnn(Cc2ccc(Cl)cc2)c1)N1CC[C@H](O)C1. The largest absolute Gasteiger partial charge is 0.391 e. The summed E-state index contributed by atoms with van der Waals surface area (Å²) in [4.78, 5) is 13.6. The Morgan fingerprint density at radius 2 is 2.18 bits per heavy atom. The van der Waals surface area contributed by atoms with Gasteiger partial charge in [-0.1, -0.05) is 23.7 Å². The van der Waals surface area contributed by atoms with Crippen LogP contribution in [0.4, 0.5) is 10.5 Å². The molecule has 0 aliphatic carbocycles. The average Bonchev–Trinajstić information content (AvgIpc) is 3.11. The van der Waals surface area contributed by atoms with Crippen LogP contribution in [0, 0.1) is 0 Å². The van der Waals surface area contributed by atoms with Gasteiger partial charge >= 0.3 is 6.03 Å². The zero-order chi connectivity index (χ0) is 15.5. The van der Waals surface area contributed by atoms with Crippen molar-refractivity contribution in [1.29, 1.82) is 0 Å². The lowest BCUT2D eigenvalue weighted by Gasteiger charge is -2.15. The third-order valence-electron chi connectivity index (χ3n) is 3.59. The third-order valence-corrected chi connectivity index (χ3v) is 3.84. The lowest BCUT2D eigenvalue weighted by Crippen LogP contribution is -2.33. The summed E-state index contributed by atoms with van der Waals surface area (Å²) >= 11 is 5.86. The van der Waals surface area contributed by atoms with E-state index in [1.807, 2.05) is 24.3 Å². The van der Waals surface area contributed by atoms with E-state index in [0.29, 0.717) is 36.8 Å². The predicted molar refractivity (Wildman–Crippen MR) is 84.0 cm³/mol. The molecule has 1 fully saturated rings. The number of amides is 2. The van der Waals surface area contributed by atoms with Crippen LogP contribution in [0.5, 0.6) is 0 Å². The molecule has 0 spiro atoms. The monoisotopic (exact) mass is 320 g/mol. The van der Waals surface area contributed by atoms with Gasteiger partial charge in [-0.15, -0.1) is 0 Å². The van der Waals surface area contributed by atoms with Gasteiger partial charge in [0.1, 0.15) is 0 Å². The van der Waals surface area contributed by atoms with E-state index in [2.05, 4.69) is 10.4 Å². The van der Waals surface area contributed by atoms with E-state index in [0.717, 1.165) is 5.56 Å². The highest BCUT2D eigenvalue weighted by Gasteiger charge is 2.24. The molecule has 2 heterocycles. The number of β-amino-alcohol motifs (C(OH)–C–C–N with tert-alkyl or cyclic N) is 1. The molecule has 0 saturated carbocycles. The van der Waals surface area contributed by atoms with Gasteiger partial charge in [-0.3, -0.25) is 4.68 Å². The number of urea groups is 1. The highest BCUT2D eigenvalue weighted by Crippen LogP contribution is 2.14. The molecule has 116 valence electrons. The summed E-state index contributed by atoms with van der Waals surface area (Å²) in [5.74, 6) is 0.